The van der Waals surface area contributed by atoms with E-state index in [1.807, 2.05) is 18.2 Å². The second-order valence-corrected chi connectivity index (χ2v) is 3.44. The lowest BCUT2D eigenvalue weighted by Crippen LogP contribution is -2.03. The molecular weight excluding hydrogens is 218 g/mol. The van der Waals surface area contributed by atoms with Gasteiger partial charge in [0, 0.05) is 18.6 Å². The summed E-state index contributed by atoms with van der Waals surface area (Å²) in [5.41, 5.74) is 1.71. The summed E-state index contributed by atoms with van der Waals surface area (Å²) in [7, 11) is 0. The summed E-state index contributed by atoms with van der Waals surface area (Å²) < 4.78 is 0. The van der Waals surface area contributed by atoms with Gasteiger partial charge in [0.2, 0.25) is 0 Å². The molecule has 0 radical (unpaired) electrons. The molecule has 0 atom stereocenters. The summed E-state index contributed by atoms with van der Waals surface area (Å²) in [6, 6.07) is 7.17. The first kappa shape index (κ1) is 11.1. The van der Waals surface area contributed by atoms with Crippen molar-refractivity contribution in [2.45, 2.75) is 6.54 Å². The molecular formula is C12H11N3O2. The Labute approximate surface area is 98.2 Å². The number of hydrogen-bond acceptors (Lipinski definition) is 4. The van der Waals surface area contributed by atoms with Gasteiger partial charge in [-0.25, -0.2) is 4.79 Å². The van der Waals surface area contributed by atoms with Crippen LogP contribution < -0.4 is 5.32 Å². The highest BCUT2D eigenvalue weighted by Gasteiger charge is 2.03. The van der Waals surface area contributed by atoms with E-state index < -0.39 is 5.97 Å². The quantitative estimate of drug-likeness (QED) is 0.835. The highest BCUT2D eigenvalue weighted by Crippen LogP contribution is 2.09. The number of anilines is 1. The molecule has 0 amide bonds. The van der Waals surface area contributed by atoms with Crippen molar-refractivity contribution >= 4 is 11.7 Å². The van der Waals surface area contributed by atoms with Crippen LogP contribution in [-0.4, -0.2) is 21.0 Å². The molecule has 0 aliphatic rings. The van der Waals surface area contributed by atoms with Gasteiger partial charge in [-0.1, -0.05) is 6.07 Å². The fourth-order valence-corrected chi connectivity index (χ4v) is 1.35. The topological polar surface area (TPSA) is 75.1 Å². The Morgan fingerprint density at radius 2 is 2.24 bits per heavy atom. The number of carboxylic acid groups (broad SMARTS) is 1. The van der Waals surface area contributed by atoms with Crippen LogP contribution in [0.2, 0.25) is 0 Å². The van der Waals surface area contributed by atoms with E-state index in [2.05, 4.69) is 15.3 Å². The van der Waals surface area contributed by atoms with Crippen LogP contribution in [0, 0.1) is 0 Å². The summed E-state index contributed by atoms with van der Waals surface area (Å²) in [5, 5.41) is 11.9. The van der Waals surface area contributed by atoms with E-state index in [-0.39, 0.29) is 5.56 Å². The number of pyridine rings is 2. The monoisotopic (exact) mass is 229 g/mol. The molecule has 0 fully saturated rings. The minimum atomic E-state index is -0.987. The number of aromatic carboxylic acids is 1. The van der Waals surface area contributed by atoms with Crippen LogP contribution in [-0.2, 0) is 6.54 Å². The molecule has 2 rings (SSSR count). The smallest absolute Gasteiger partial charge is 0.337 e. The van der Waals surface area contributed by atoms with Crippen LogP contribution in [0.3, 0.4) is 0 Å². The molecule has 2 aromatic rings. The van der Waals surface area contributed by atoms with E-state index in [1.54, 1.807) is 12.4 Å². The van der Waals surface area contributed by atoms with Crippen molar-refractivity contribution in [1.29, 1.82) is 0 Å². The maximum Gasteiger partial charge on any atom is 0.337 e. The van der Waals surface area contributed by atoms with Gasteiger partial charge in [-0.2, -0.15) is 0 Å². The maximum absolute atomic E-state index is 10.7. The lowest BCUT2D eigenvalue weighted by molar-refractivity contribution is 0.0696. The molecule has 0 aromatic carbocycles. The zero-order valence-electron chi connectivity index (χ0n) is 9.00. The lowest BCUT2D eigenvalue weighted by atomic mass is 10.2. The minimum absolute atomic E-state index is 0.163. The van der Waals surface area contributed by atoms with Crippen LogP contribution in [0.1, 0.15) is 16.1 Å². The Morgan fingerprint density at radius 1 is 1.35 bits per heavy atom. The van der Waals surface area contributed by atoms with Crippen molar-refractivity contribution in [2.24, 2.45) is 0 Å². The maximum atomic E-state index is 10.7. The number of rotatable bonds is 4. The molecule has 2 aromatic heterocycles. The summed E-state index contributed by atoms with van der Waals surface area (Å²) in [4.78, 5) is 18.8. The van der Waals surface area contributed by atoms with Gasteiger partial charge in [0.1, 0.15) is 0 Å². The molecule has 0 aliphatic carbocycles. The van der Waals surface area contributed by atoms with Gasteiger partial charge in [0.15, 0.2) is 0 Å². The van der Waals surface area contributed by atoms with Gasteiger partial charge < -0.3 is 10.4 Å². The molecule has 0 aliphatic heterocycles. The molecule has 2 heterocycles. The molecule has 0 saturated heterocycles. The van der Waals surface area contributed by atoms with E-state index in [1.165, 1.54) is 12.3 Å². The Balaban J connectivity index is 2.04. The zero-order chi connectivity index (χ0) is 12.1. The number of hydrogen-bond donors (Lipinski definition) is 2. The van der Waals surface area contributed by atoms with Crippen LogP contribution >= 0.6 is 0 Å². The number of aromatic nitrogens is 2. The van der Waals surface area contributed by atoms with E-state index in [4.69, 9.17) is 5.11 Å². The van der Waals surface area contributed by atoms with Gasteiger partial charge in [-0.3, -0.25) is 9.97 Å². The van der Waals surface area contributed by atoms with E-state index in [0.717, 1.165) is 5.69 Å². The van der Waals surface area contributed by atoms with Crippen molar-refractivity contribution in [2.75, 3.05) is 5.32 Å². The van der Waals surface area contributed by atoms with Crippen molar-refractivity contribution in [3.63, 3.8) is 0 Å². The normalized spacial score (nSPS) is 9.88. The molecule has 86 valence electrons. The summed E-state index contributed by atoms with van der Waals surface area (Å²) in [5.74, 6) is -0.987. The number of nitrogens with one attached hydrogen (secondary N) is 1. The highest BCUT2D eigenvalue weighted by molar-refractivity contribution is 5.88. The minimum Gasteiger partial charge on any atom is -0.478 e. The Bertz CT molecular complexity index is 514. The second-order valence-electron chi connectivity index (χ2n) is 3.44. The average molecular weight is 229 g/mol. The fraction of sp³-hybridized carbons (Fsp3) is 0.0833. The molecule has 17 heavy (non-hydrogen) atoms. The Hall–Kier alpha value is -2.43. The molecule has 0 unspecified atom stereocenters. The highest BCUT2D eigenvalue weighted by atomic mass is 16.4. The van der Waals surface area contributed by atoms with Crippen LogP contribution in [0.25, 0.3) is 0 Å². The first-order valence-corrected chi connectivity index (χ1v) is 5.08. The van der Waals surface area contributed by atoms with Gasteiger partial charge in [0.05, 0.1) is 23.5 Å². The lowest BCUT2D eigenvalue weighted by Gasteiger charge is -2.05. The molecule has 0 bridgehead atoms. The standard InChI is InChI=1S/C12H11N3O2/c16-12(17)9-5-11(7-13-6-9)15-8-10-3-1-2-4-14-10/h1-7,15H,8H2,(H,16,17). The van der Waals surface area contributed by atoms with Crippen molar-refractivity contribution < 1.29 is 9.90 Å². The molecule has 0 saturated carbocycles. The zero-order valence-corrected chi connectivity index (χ0v) is 9.00. The predicted molar refractivity (Wildman–Crippen MR) is 62.8 cm³/mol. The van der Waals surface area contributed by atoms with Crippen LogP contribution in [0.15, 0.2) is 42.9 Å². The third-order valence-corrected chi connectivity index (χ3v) is 2.18. The van der Waals surface area contributed by atoms with E-state index in [9.17, 15) is 4.79 Å². The average Bonchev–Trinajstić information content (AvgIpc) is 2.38. The van der Waals surface area contributed by atoms with Crippen molar-refractivity contribution in [1.82, 2.24) is 9.97 Å². The Morgan fingerprint density at radius 3 is 2.94 bits per heavy atom. The van der Waals surface area contributed by atoms with Crippen molar-refractivity contribution in [3.8, 4) is 0 Å². The first-order chi connectivity index (χ1) is 8.25. The van der Waals surface area contributed by atoms with Crippen LogP contribution in [0.4, 0.5) is 5.69 Å². The molecule has 0 spiro atoms. The van der Waals surface area contributed by atoms with Gasteiger partial charge in [-0.15, -0.1) is 0 Å². The third kappa shape index (κ3) is 3.01. The van der Waals surface area contributed by atoms with Gasteiger partial charge >= 0.3 is 5.97 Å². The largest absolute Gasteiger partial charge is 0.478 e. The van der Waals surface area contributed by atoms with E-state index in [0.29, 0.717) is 12.2 Å². The van der Waals surface area contributed by atoms with Gasteiger partial charge in [0.25, 0.3) is 0 Å². The summed E-state index contributed by atoms with van der Waals surface area (Å²) >= 11 is 0. The predicted octanol–water partition coefficient (Wildman–Crippen LogP) is 1.79. The Kier molecular flexibility index (Phi) is 3.30. The summed E-state index contributed by atoms with van der Waals surface area (Å²) in [6.45, 7) is 0.533. The van der Waals surface area contributed by atoms with Crippen LogP contribution in [0.5, 0.6) is 0 Å². The van der Waals surface area contributed by atoms with Crippen molar-refractivity contribution in [3.05, 3.63) is 54.1 Å². The van der Waals surface area contributed by atoms with E-state index >= 15 is 0 Å². The SMILES string of the molecule is O=C(O)c1cncc(NCc2ccccn2)c1. The molecule has 5 nitrogen and oxygen atoms in total. The molecule has 5 heteroatoms. The first-order valence-electron chi connectivity index (χ1n) is 5.08. The fourth-order valence-electron chi connectivity index (χ4n) is 1.35. The number of carbonyl (C=O) groups is 1. The summed E-state index contributed by atoms with van der Waals surface area (Å²) in [6.07, 6.45) is 4.60. The second kappa shape index (κ2) is 5.07. The number of carboxylic acids is 1. The third-order valence-electron chi connectivity index (χ3n) is 2.18. The van der Waals surface area contributed by atoms with Gasteiger partial charge in [-0.05, 0) is 18.2 Å². The molecule has 2 N–H and O–H groups in total. The number of nitrogens with zero attached hydrogens (tertiary/aromatic N) is 2.